The zero-order valence-electron chi connectivity index (χ0n) is 15.4. The number of rotatable bonds is 4. The lowest BCUT2D eigenvalue weighted by molar-refractivity contribution is 0.0660. The van der Waals surface area contributed by atoms with Crippen molar-refractivity contribution in [2.75, 3.05) is 31.2 Å². The van der Waals surface area contributed by atoms with E-state index < -0.39 is 0 Å². The van der Waals surface area contributed by atoms with Gasteiger partial charge in [-0.15, -0.1) is 10.2 Å². The molecule has 146 valence electrons. The number of hydrogen-bond acceptors (Lipinski definition) is 7. The van der Waals surface area contributed by atoms with Gasteiger partial charge in [0, 0.05) is 50.9 Å². The summed E-state index contributed by atoms with van der Waals surface area (Å²) in [7, 11) is 0. The molecule has 3 aromatic rings. The van der Waals surface area contributed by atoms with Crippen LogP contribution in [0.3, 0.4) is 0 Å². The molecule has 5 rings (SSSR count). The lowest BCUT2D eigenvalue weighted by atomic mass is 10.1. The van der Waals surface area contributed by atoms with Gasteiger partial charge in [-0.05, 0) is 25.3 Å². The van der Waals surface area contributed by atoms with Crippen LogP contribution in [0.4, 0.5) is 5.82 Å². The number of nitrogens with one attached hydrogen (secondary N) is 1. The van der Waals surface area contributed by atoms with Gasteiger partial charge in [-0.1, -0.05) is 0 Å². The quantitative estimate of drug-likeness (QED) is 0.708. The molecule has 0 unspecified atom stereocenters. The molecule has 2 aliphatic heterocycles. The fourth-order valence-corrected chi connectivity index (χ4v) is 3.91. The van der Waals surface area contributed by atoms with Crippen molar-refractivity contribution in [3.63, 3.8) is 0 Å². The monoisotopic (exact) mass is 382 g/mol. The van der Waals surface area contributed by atoms with Gasteiger partial charge in [0.1, 0.15) is 12.0 Å². The zero-order valence-corrected chi connectivity index (χ0v) is 15.4. The molecule has 0 saturated carbocycles. The van der Waals surface area contributed by atoms with Crippen LogP contribution in [0.2, 0.25) is 0 Å². The second kappa shape index (κ2) is 7.19. The average Bonchev–Trinajstić information content (AvgIpc) is 3.48. The Morgan fingerprint density at radius 1 is 1.21 bits per heavy atom. The van der Waals surface area contributed by atoms with Crippen LogP contribution in [-0.2, 0) is 4.74 Å². The van der Waals surface area contributed by atoms with Crippen molar-refractivity contribution in [1.29, 1.82) is 0 Å². The van der Waals surface area contributed by atoms with E-state index in [1.165, 1.54) is 0 Å². The largest absolute Gasteiger partial charge is 0.381 e. The number of anilines is 1. The molecule has 2 fully saturated rings. The molecule has 0 spiro atoms. The Balaban J connectivity index is 1.23. The highest BCUT2D eigenvalue weighted by Gasteiger charge is 2.28. The van der Waals surface area contributed by atoms with E-state index in [0.29, 0.717) is 18.3 Å². The lowest BCUT2D eigenvalue weighted by Gasteiger charge is -2.22. The SMILES string of the molecule is O=C(N[C@H]1CCN(c2nccn3cnnc23)C1)c1ccn(C2CCOCC2)n1. The van der Waals surface area contributed by atoms with Crippen molar-refractivity contribution in [2.24, 2.45) is 0 Å². The molecule has 0 bridgehead atoms. The molecule has 1 N–H and O–H groups in total. The van der Waals surface area contributed by atoms with Gasteiger partial charge in [-0.3, -0.25) is 13.9 Å². The Bertz CT molecular complexity index is 977. The molecular weight excluding hydrogens is 360 g/mol. The Morgan fingerprint density at radius 2 is 2.11 bits per heavy atom. The molecule has 0 aromatic carbocycles. The molecule has 10 nitrogen and oxygen atoms in total. The van der Waals surface area contributed by atoms with E-state index in [0.717, 1.165) is 50.5 Å². The highest BCUT2D eigenvalue weighted by Crippen LogP contribution is 2.22. The first kappa shape index (κ1) is 17.1. The Kier molecular flexibility index (Phi) is 4.40. The van der Waals surface area contributed by atoms with Crippen LogP contribution in [0.1, 0.15) is 35.8 Å². The predicted molar refractivity (Wildman–Crippen MR) is 100 cm³/mol. The van der Waals surface area contributed by atoms with Crippen molar-refractivity contribution in [2.45, 2.75) is 31.3 Å². The van der Waals surface area contributed by atoms with Crippen LogP contribution in [0.25, 0.3) is 5.65 Å². The summed E-state index contributed by atoms with van der Waals surface area (Å²) in [5, 5.41) is 15.7. The van der Waals surface area contributed by atoms with Gasteiger partial charge in [-0.25, -0.2) is 4.98 Å². The minimum absolute atomic E-state index is 0.0470. The van der Waals surface area contributed by atoms with Gasteiger partial charge in [-0.2, -0.15) is 5.10 Å². The number of hydrogen-bond donors (Lipinski definition) is 1. The third-order valence-electron chi connectivity index (χ3n) is 5.43. The fraction of sp³-hybridized carbons (Fsp3) is 0.500. The first-order chi connectivity index (χ1) is 13.8. The zero-order chi connectivity index (χ0) is 18.9. The van der Waals surface area contributed by atoms with E-state index in [1.807, 2.05) is 21.5 Å². The maximum absolute atomic E-state index is 12.6. The molecule has 1 atom stereocenters. The van der Waals surface area contributed by atoms with Gasteiger partial charge in [0.15, 0.2) is 5.82 Å². The van der Waals surface area contributed by atoms with Gasteiger partial charge < -0.3 is 15.0 Å². The highest BCUT2D eigenvalue weighted by molar-refractivity contribution is 5.92. The normalized spacial score (nSPS) is 20.7. The van der Waals surface area contributed by atoms with Crippen LogP contribution in [0.5, 0.6) is 0 Å². The second-order valence-electron chi connectivity index (χ2n) is 7.24. The van der Waals surface area contributed by atoms with Gasteiger partial charge in [0.25, 0.3) is 5.91 Å². The molecule has 0 radical (unpaired) electrons. The van der Waals surface area contributed by atoms with Gasteiger partial charge in [0.2, 0.25) is 5.65 Å². The molecule has 1 amide bonds. The third kappa shape index (κ3) is 3.19. The second-order valence-corrected chi connectivity index (χ2v) is 7.24. The van der Waals surface area contributed by atoms with Crippen LogP contribution in [-0.4, -0.2) is 67.6 Å². The van der Waals surface area contributed by atoms with E-state index in [4.69, 9.17) is 4.74 Å². The highest BCUT2D eigenvalue weighted by atomic mass is 16.5. The summed E-state index contributed by atoms with van der Waals surface area (Å²) >= 11 is 0. The summed E-state index contributed by atoms with van der Waals surface area (Å²) in [5.41, 5.74) is 1.19. The van der Waals surface area contributed by atoms with E-state index in [9.17, 15) is 4.79 Å². The van der Waals surface area contributed by atoms with E-state index in [1.54, 1.807) is 18.6 Å². The van der Waals surface area contributed by atoms with E-state index in [-0.39, 0.29) is 11.9 Å². The predicted octanol–water partition coefficient (Wildman–Crippen LogP) is 0.681. The van der Waals surface area contributed by atoms with Crippen molar-refractivity contribution < 1.29 is 9.53 Å². The minimum atomic E-state index is -0.133. The summed E-state index contributed by atoms with van der Waals surface area (Å²) in [5.74, 6) is 0.659. The lowest BCUT2D eigenvalue weighted by Crippen LogP contribution is -2.37. The van der Waals surface area contributed by atoms with Gasteiger partial charge in [0.05, 0.1) is 6.04 Å². The molecule has 5 heterocycles. The number of carbonyl (C=O) groups excluding carboxylic acids is 1. The third-order valence-corrected chi connectivity index (χ3v) is 5.43. The molecule has 0 aliphatic carbocycles. The molecule has 2 saturated heterocycles. The van der Waals surface area contributed by atoms with Crippen molar-refractivity contribution in [3.05, 3.63) is 36.7 Å². The Labute approximate surface area is 161 Å². The smallest absolute Gasteiger partial charge is 0.272 e. The summed E-state index contributed by atoms with van der Waals surface area (Å²) in [4.78, 5) is 19.2. The van der Waals surface area contributed by atoms with Gasteiger partial charge >= 0.3 is 0 Å². The maximum Gasteiger partial charge on any atom is 0.272 e. The average molecular weight is 382 g/mol. The topological polar surface area (TPSA) is 102 Å². The summed E-state index contributed by atoms with van der Waals surface area (Å²) in [6.07, 6.45) is 9.82. The van der Waals surface area contributed by atoms with Crippen LogP contribution in [0.15, 0.2) is 31.0 Å². The van der Waals surface area contributed by atoms with Crippen molar-refractivity contribution >= 4 is 17.4 Å². The molecule has 2 aliphatic rings. The van der Waals surface area contributed by atoms with Crippen molar-refractivity contribution in [1.82, 2.24) is 34.7 Å². The van der Waals surface area contributed by atoms with E-state index in [2.05, 4.69) is 30.5 Å². The summed E-state index contributed by atoms with van der Waals surface area (Å²) in [6, 6.07) is 2.15. The number of ether oxygens (including phenoxy) is 1. The Morgan fingerprint density at radius 3 is 3.00 bits per heavy atom. The maximum atomic E-state index is 12.6. The molecule has 3 aromatic heterocycles. The summed E-state index contributed by atoms with van der Waals surface area (Å²) < 4.78 is 9.13. The first-order valence-corrected chi connectivity index (χ1v) is 9.61. The van der Waals surface area contributed by atoms with Crippen LogP contribution >= 0.6 is 0 Å². The van der Waals surface area contributed by atoms with Crippen LogP contribution in [0, 0.1) is 0 Å². The van der Waals surface area contributed by atoms with Crippen LogP contribution < -0.4 is 10.2 Å². The fourth-order valence-electron chi connectivity index (χ4n) is 3.91. The molecule has 28 heavy (non-hydrogen) atoms. The summed E-state index contributed by atoms with van der Waals surface area (Å²) in [6.45, 7) is 2.99. The number of nitrogens with zero attached hydrogens (tertiary/aromatic N) is 7. The number of amides is 1. The molecule has 10 heteroatoms. The first-order valence-electron chi connectivity index (χ1n) is 9.61. The Hall–Kier alpha value is -3.01. The standard InChI is InChI=1S/C18H22N8O2/c27-18(15-2-7-26(23-15)14-3-9-28-10-4-14)21-13-1-6-24(11-13)16-17-22-20-12-25(17)8-5-19-16/h2,5,7-8,12-14H,1,3-4,6,9-11H2,(H,21,27)/t13-/m0/s1. The number of fused-ring (bicyclic) bond motifs is 1. The number of carbonyl (C=O) groups is 1. The van der Waals surface area contributed by atoms with E-state index >= 15 is 0 Å². The van der Waals surface area contributed by atoms with Crippen molar-refractivity contribution in [3.8, 4) is 0 Å². The minimum Gasteiger partial charge on any atom is -0.381 e. The number of aromatic nitrogens is 6. The molecular formula is C18H22N8O2.